The molecule has 0 amide bonds. The second-order valence-electron chi connectivity index (χ2n) is 15.0. The number of fused-ring (bicyclic) bond motifs is 4. The van der Waals surface area contributed by atoms with Gasteiger partial charge in [-0.05, 0) is 52.2 Å². The Morgan fingerprint density at radius 2 is 1.45 bits per heavy atom. The summed E-state index contributed by atoms with van der Waals surface area (Å²) < 4.78 is 97.4. The van der Waals surface area contributed by atoms with E-state index in [1.54, 1.807) is 36.5 Å². The largest absolute Gasteiger partial charge is 2.00 e. The number of hydrogen-bond acceptors (Lipinski definition) is 2. The van der Waals surface area contributed by atoms with Gasteiger partial charge in [0.15, 0.2) is 0 Å². The molecule has 0 radical (unpaired) electrons. The van der Waals surface area contributed by atoms with Crippen LogP contribution in [-0.2, 0) is 37.8 Å². The van der Waals surface area contributed by atoms with Crippen LogP contribution in [0.2, 0.25) is 0 Å². The van der Waals surface area contributed by atoms with Crippen LogP contribution < -0.4 is 9.15 Å². The standard InChI is InChI=1S/C45H39F2N5.Pt/c1-29-16-18-33(19-17-29)50-28-51(39-15-11-10-14-38(39)50)34-23-31(44(5,6)7)22-32(24-34)45(46,47)41-26-40-36(27-49-41)35-12-8-9-13-37(35)52(40)42-25-30(20-21-48-42)43(2,3)4;/h8-23,25,27H,1-7H3;/q;+2/i1D3,16D,17D,18D,19D;. The Balaban J connectivity index is 0.00000544. The molecule has 4 aromatic carbocycles. The van der Waals surface area contributed by atoms with Gasteiger partial charge >= 0.3 is 27.1 Å². The van der Waals surface area contributed by atoms with Crippen molar-refractivity contribution in [1.82, 2.24) is 23.7 Å². The van der Waals surface area contributed by atoms with Crippen LogP contribution in [0.3, 0.4) is 0 Å². The number of nitrogens with zero attached hydrogens (tertiary/aromatic N) is 5. The molecule has 8 rings (SSSR count). The van der Waals surface area contributed by atoms with Crippen molar-refractivity contribution in [3.8, 4) is 5.82 Å². The van der Waals surface area contributed by atoms with Crippen molar-refractivity contribution in [1.29, 1.82) is 0 Å². The van der Waals surface area contributed by atoms with E-state index < -0.39 is 59.2 Å². The fraction of sp³-hybridized carbons (Fsp3) is 0.222. The molecule has 8 heteroatoms. The van der Waals surface area contributed by atoms with Crippen LogP contribution in [0.15, 0.2) is 109 Å². The number of alkyl halides is 2. The van der Waals surface area contributed by atoms with Crippen molar-refractivity contribution in [3.63, 3.8) is 0 Å². The Morgan fingerprint density at radius 1 is 0.774 bits per heavy atom. The average Bonchev–Trinajstić information content (AvgIpc) is 3.72. The molecule has 0 fully saturated rings. The Morgan fingerprint density at radius 3 is 2.15 bits per heavy atom. The van der Waals surface area contributed by atoms with Crippen molar-refractivity contribution in [3.05, 3.63) is 149 Å². The van der Waals surface area contributed by atoms with Gasteiger partial charge in [0, 0.05) is 45.7 Å². The van der Waals surface area contributed by atoms with Crippen LogP contribution in [0.1, 0.15) is 79.1 Å². The Kier molecular flexibility index (Phi) is 7.02. The monoisotopic (exact) mass is 889 g/mol. The minimum atomic E-state index is -3.72. The zero-order valence-electron chi connectivity index (χ0n) is 36.9. The van der Waals surface area contributed by atoms with E-state index >= 15 is 8.78 Å². The van der Waals surface area contributed by atoms with Crippen LogP contribution in [0.4, 0.5) is 31.5 Å². The molecular formula is C45H39F2N5Pt+2. The third kappa shape index (κ3) is 6.37. The minimum Gasteiger partial charge on any atom is -0.331 e. The summed E-state index contributed by atoms with van der Waals surface area (Å²) in [5.74, 6) is -3.17. The molecule has 1 aliphatic rings. The molecule has 4 heterocycles. The molecule has 7 aromatic rings. The van der Waals surface area contributed by atoms with Crippen LogP contribution in [0, 0.1) is 19.0 Å². The summed E-state index contributed by atoms with van der Waals surface area (Å²) in [5, 5.41) is 1.45. The van der Waals surface area contributed by atoms with E-state index in [9.17, 15) is 0 Å². The van der Waals surface area contributed by atoms with Crippen molar-refractivity contribution in [2.45, 2.75) is 65.1 Å². The molecule has 0 saturated heterocycles. The number of benzene rings is 4. The molecule has 3 aromatic heterocycles. The molecular weight excluding hydrogens is 844 g/mol. The smallest absolute Gasteiger partial charge is 0.331 e. The molecule has 5 nitrogen and oxygen atoms in total. The van der Waals surface area contributed by atoms with Gasteiger partial charge in [0.1, 0.15) is 11.5 Å². The van der Waals surface area contributed by atoms with E-state index in [2.05, 4.69) is 48.9 Å². The molecule has 0 spiro atoms. The maximum absolute atomic E-state index is 17.3. The van der Waals surface area contributed by atoms with Gasteiger partial charge in [-0.25, -0.2) is 4.98 Å². The van der Waals surface area contributed by atoms with Gasteiger partial charge < -0.3 is 4.57 Å². The first-order chi connectivity index (χ1) is 27.6. The van der Waals surface area contributed by atoms with Crippen LogP contribution in [-0.4, -0.2) is 20.5 Å². The molecule has 266 valence electrons. The third-order valence-electron chi connectivity index (χ3n) is 9.31. The summed E-state index contributed by atoms with van der Waals surface area (Å²) in [4.78, 5) is 8.99. The first-order valence-electron chi connectivity index (χ1n) is 20.4. The zero-order valence-corrected chi connectivity index (χ0v) is 32.2. The summed E-state index contributed by atoms with van der Waals surface area (Å²) >= 11 is 0. The van der Waals surface area contributed by atoms with Crippen molar-refractivity contribution >= 4 is 50.6 Å². The summed E-state index contributed by atoms with van der Waals surface area (Å²) in [6.45, 7) is 9.08. The summed E-state index contributed by atoms with van der Waals surface area (Å²) in [7, 11) is 0. The quantitative estimate of drug-likeness (QED) is 0.128. The molecule has 53 heavy (non-hydrogen) atoms. The van der Waals surface area contributed by atoms with Gasteiger partial charge in [0.25, 0.3) is 17.3 Å². The predicted octanol–water partition coefficient (Wildman–Crippen LogP) is 11.1. The van der Waals surface area contributed by atoms with E-state index in [1.165, 1.54) is 21.4 Å². The first kappa shape index (κ1) is 28.4. The molecule has 1 aliphatic heterocycles. The molecule has 0 unspecified atom stereocenters. The van der Waals surface area contributed by atoms with Gasteiger partial charge in [-0.15, -0.1) is 16.5 Å². The van der Waals surface area contributed by atoms with Crippen molar-refractivity contribution in [2.24, 2.45) is 0 Å². The van der Waals surface area contributed by atoms with Crippen LogP contribution in [0.25, 0.3) is 27.6 Å². The van der Waals surface area contributed by atoms with Gasteiger partial charge in [-0.2, -0.15) is 20.9 Å². The number of para-hydroxylation sites is 3. The normalized spacial score (nSPS) is 15.3. The fourth-order valence-electron chi connectivity index (χ4n) is 6.42. The van der Waals surface area contributed by atoms with E-state index in [0.717, 1.165) is 16.5 Å². The van der Waals surface area contributed by atoms with Crippen molar-refractivity contribution < 1.29 is 39.4 Å². The van der Waals surface area contributed by atoms with Crippen LogP contribution in [0.5, 0.6) is 0 Å². The van der Waals surface area contributed by atoms with E-state index in [1.807, 2.05) is 61.7 Å². The molecule has 0 atom stereocenters. The molecule has 0 N–H and O–H groups in total. The van der Waals surface area contributed by atoms with Crippen molar-refractivity contribution in [2.75, 3.05) is 0 Å². The maximum atomic E-state index is 17.3. The number of rotatable bonds is 5. The summed E-state index contributed by atoms with van der Waals surface area (Å²) in [6, 6.07) is 27.8. The van der Waals surface area contributed by atoms with E-state index in [4.69, 9.17) is 9.60 Å². The van der Waals surface area contributed by atoms with E-state index in [0.29, 0.717) is 33.7 Å². The number of pyridine rings is 2. The van der Waals surface area contributed by atoms with E-state index in [-0.39, 0.29) is 37.9 Å². The first-order valence-corrected chi connectivity index (χ1v) is 16.9. The van der Waals surface area contributed by atoms with Gasteiger partial charge in [-0.1, -0.05) is 117 Å². The zero-order chi connectivity index (χ0) is 42.6. The van der Waals surface area contributed by atoms with Gasteiger partial charge in [0.2, 0.25) is 5.69 Å². The van der Waals surface area contributed by atoms with Crippen LogP contribution >= 0.6 is 0 Å². The topological polar surface area (TPSA) is 36.7 Å². The fourth-order valence-corrected chi connectivity index (χ4v) is 6.42. The molecule has 0 saturated carbocycles. The molecule has 0 aliphatic carbocycles. The van der Waals surface area contributed by atoms with Gasteiger partial charge in [0.05, 0.1) is 5.48 Å². The summed E-state index contributed by atoms with van der Waals surface area (Å²) in [5.41, 5.74) is 0.816. The third-order valence-corrected chi connectivity index (χ3v) is 9.31. The average molecular weight is 890 g/mol. The Labute approximate surface area is 333 Å². The second kappa shape index (κ2) is 13.1. The summed E-state index contributed by atoms with van der Waals surface area (Å²) in [6.07, 6.45) is 3.16. The second-order valence-corrected chi connectivity index (χ2v) is 15.0. The number of aromatic nitrogens is 3. The maximum Gasteiger partial charge on any atom is 2.00 e. The SMILES string of the molecule is [2H]c1c([2H])c(C([2H])([2H])[2H])c([2H])c([2H])c1[N+]1=C=[N+](c2[c-]c(C(F)(F)c3[c-]c4c(cn3)c3ccccc3n4-c3cc(C(C)(C)C)ccn3)cc(C(C)(C)C)c2)c2ccccc21.[Pt+2]. The number of hydrogen-bond donors (Lipinski definition) is 0. The molecule has 0 bridgehead atoms. The minimum absolute atomic E-state index is 0. The number of halogens is 2. The Bertz CT molecular complexity index is 2950. The predicted molar refractivity (Wildman–Crippen MR) is 206 cm³/mol. The van der Waals surface area contributed by atoms with Gasteiger partial charge in [-0.3, -0.25) is 4.98 Å². The Hall–Kier alpha value is -5.09.